The van der Waals surface area contributed by atoms with Crippen LogP contribution in [0.1, 0.15) is 43.1 Å². The van der Waals surface area contributed by atoms with Crippen LogP contribution in [0.3, 0.4) is 0 Å². The zero-order chi connectivity index (χ0) is 25.4. The lowest BCUT2D eigenvalue weighted by Gasteiger charge is -2.23. The van der Waals surface area contributed by atoms with E-state index in [1.165, 1.54) is 44.9 Å². The molecule has 4 aromatic rings. The predicted molar refractivity (Wildman–Crippen MR) is 143 cm³/mol. The summed E-state index contributed by atoms with van der Waals surface area (Å²) in [6.07, 6.45) is 0. The number of aromatic nitrogens is 3. The van der Waals surface area contributed by atoms with Crippen LogP contribution in [0.25, 0.3) is 0 Å². The number of benzene rings is 2. The zero-order valence-electron chi connectivity index (χ0n) is 19.8. The van der Waals surface area contributed by atoms with Crippen LogP contribution in [0, 0.1) is 20.8 Å². The Hall–Kier alpha value is -3.34. The molecule has 0 bridgehead atoms. The monoisotopic (exact) mass is 534 g/mol. The number of hydrogen-bond acceptors (Lipinski definition) is 9. The Bertz CT molecular complexity index is 1480. The summed E-state index contributed by atoms with van der Waals surface area (Å²) < 4.78 is 0.693. The summed E-state index contributed by atoms with van der Waals surface area (Å²) in [7, 11) is 0. The van der Waals surface area contributed by atoms with Crippen LogP contribution < -0.4 is 4.90 Å². The molecule has 0 aliphatic carbocycles. The van der Waals surface area contributed by atoms with E-state index >= 15 is 0 Å². The van der Waals surface area contributed by atoms with Gasteiger partial charge in [-0.2, -0.15) is 0 Å². The van der Waals surface area contributed by atoms with E-state index in [1.807, 2.05) is 44.2 Å². The number of aryl methyl sites for hydroxylation is 3. The van der Waals surface area contributed by atoms with Gasteiger partial charge in [0, 0.05) is 5.75 Å². The molecular weight excluding hydrogens is 513 g/mol. The van der Waals surface area contributed by atoms with Crippen molar-refractivity contribution in [3.63, 3.8) is 0 Å². The molecule has 10 heteroatoms. The Morgan fingerprint density at radius 1 is 1.03 bits per heavy atom. The topological polar surface area (TPSA) is 96.3 Å². The van der Waals surface area contributed by atoms with Crippen LogP contribution in [-0.4, -0.2) is 32.0 Å². The Labute approximate surface area is 220 Å². The maximum atomic E-state index is 13.6. The smallest absolute Gasteiger partial charge is 0.296 e. The van der Waals surface area contributed by atoms with Crippen molar-refractivity contribution in [1.29, 1.82) is 0 Å². The number of carbonyl (C=O) groups excluding carboxylic acids is 2. The van der Waals surface area contributed by atoms with E-state index in [0.29, 0.717) is 31.4 Å². The van der Waals surface area contributed by atoms with Gasteiger partial charge in [0.2, 0.25) is 10.9 Å². The first kappa shape index (κ1) is 24.4. The highest BCUT2D eigenvalue weighted by molar-refractivity contribution is 8.00. The molecule has 0 fully saturated rings. The number of Topliss-reactive ketones (excluding diaryl/α,β-unsaturated/α-hetero) is 1. The molecule has 0 spiro atoms. The molecule has 1 aliphatic rings. The van der Waals surface area contributed by atoms with Crippen molar-refractivity contribution in [3.05, 3.63) is 98.2 Å². The van der Waals surface area contributed by atoms with Crippen LogP contribution in [0.2, 0.25) is 0 Å². The van der Waals surface area contributed by atoms with Crippen LogP contribution in [0.4, 0.5) is 5.13 Å². The minimum absolute atomic E-state index is 0.0296. The minimum atomic E-state index is -0.823. The summed E-state index contributed by atoms with van der Waals surface area (Å²) in [6, 6.07) is 16.6. The third-order valence-corrected chi connectivity index (χ3v) is 8.96. The predicted octanol–water partition coefficient (Wildman–Crippen LogP) is 6.00. The number of thiazole rings is 1. The molecular formula is C26H22N4O3S3. The number of thioether (sulfide) groups is 1. The Balaban J connectivity index is 1.48. The molecule has 1 unspecified atom stereocenters. The van der Waals surface area contributed by atoms with Crippen molar-refractivity contribution in [2.24, 2.45) is 0 Å². The summed E-state index contributed by atoms with van der Waals surface area (Å²) in [5.74, 6) is -0.929. The first-order valence-electron chi connectivity index (χ1n) is 11.2. The van der Waals surface area contributed by atoms with Crippen LogP contribution in [-0.2, 0) is 10.5 Å². The third-order valence-electron chi connectivity index (χ3n) is 5.76. The first-order chi connectivity index (χ1) is 17.3. The third kappa shape index (κ3) is 4.59. The van der Waals surface area contributed by atoms with Gasteiger partial charge in [-0.15, -0.1) is 21.5 Å². The lowest BCUT2D eigenvalue weighted by Crippen LogP contribution is -2.31. The molecule has 0 radical (unpaired) electrons. The van der Waals surface area contributed by atoms with Gasteiger partial charge < -0.3 is 5.11 Å². The maximum absolute atomic E-state index is 13.6. The molecule has 182 valence electrons. The van der Waals surface area contributed by atoms with Crippen molar-refractivity contribution >= 4 is 51.3 Å². The van der Waals surface area contributed by atoms with E-state index in [-0.39, 0.29) is 5.57 Å². The second kappa shape index (κ2) is 9.96. The average molecular weight is 535 g/mol. The van der Waals surface area contributed by atoms with E-state index in [4.69, 9.17) is 0 Å². The molecule has 1 amide bonds. The van der Waals surface area contributed by atoms with Gasteiger partial charge >= 0.3 is 0 Å². The van der Waals surface area contributed by atoms with Gasteiger partial charge in [-0.25, -0.2) is 4.98 Å². The number of anilines is 1. The van der Waals surface area contributed by atoms with Crippen molar-refractivity contribution < 1.29 is 14.7 Å². The Kier molecular flexibility index (Phi) is 6.74. The van der Waals surface area contributed by atoms with Gasteiger partial charge in [0.25, 0.3) is 5.91 Å². The number of aliphatic hydroxyl groups is 1. The van der Waals surface area contributed by atoms with E-state index in [1.54, 1.807) is 6.92 Å². The SMILES string of the molecule is Cc1ccc(CSc2nnc(N3C(=O)C(O)=C(C(=O)c4sc(C)nc4C)C3c3ccccc3)s2)cc1. The quantitative estimate of drug-likeness (QED) is 0.177. The summed E-state index contributed by atoms with van der Waals surface area (Å²) in [4.78, 5) is 33.1. The summed E-state index contributed by atoms with van der Waals surface area (Å²) in [6.45, 7) is 5.62. The number of amides is 1. The highest BCUT2D eigenvalue weighted by atomic mass is 32.2. The van der Waals surface area contributed by atoms with Crippen molar-refractivity contribution in [1.82, 2.24) is 15.2 Å². The molecule has 7 nitrogen and oxygen atoms in total. The maximum Gasteiger partial charge on any atom is 0.296 e. The average Bonchev–Trinajstić information content (AvgIpc) is 3.55. The normalized spacial score (nSPS) is 15.7. The van der Waals surface area contributed by atoms with Gasteiger partial charge in [-0.3, -0.25) is 14.5 Å². The zero-order valence-corrected chi connectivity index (χ0v) is 22.2. The molecule has 1 aliphatic heterocycles. The van der Waals surface area contributed by atoms with E-state index in [0.717, 1.165) is 10.6 Å². The number of nitrogens with zero attached hydrogens (tertiary/aromatic N) is 4. The molecule has 36 heavy (non-hydrogen) atoms. The fourth-order valence-corrected chi connectivity index (χ4v) is 6.73. The lowest BCUT2D eigenvalue weighted by molar-refractivity contribution is -0.117. The minimum Gasteiger partial charge on any atom is -0.503 e. The van der Waals surface area contributed by atoms with E-state index < -0.39 is 23.5 Å². The summed E-state index contributed by atoms with van der Waals surface area (Å²) >= 11 is 4.04. The standard InChI is InChI=1S/C26H22N4O3S3/c1-14-9-11-17(12-10-14)13-34-26-29-28-25(36-26)30-20(18-7-5-4-6-8-18)19(22(32)24(30)33)21(31)23-15(2)27-16(3)35-23/h4-12,20,32H,13H2,1-3H3. The molecule has 1 atom stereocenters. The fraction of sp³-hybridized carbons (Fsp3) is 0.192. The van der Waals surface area contributed by atoms with Gasteiger partial charge in [0.05, 0.1) is 27.2 Å². The van der Waals surface area contributed by atoms with Crippen LogP contribution >= 0.6 is 34.4 Å². The Morgan fingerprint density at radius 3 is 2.42 bits per heavy atom. The molecule has 5 rings (SSSR count). The van der Waals surface area contributed by atoms with Crippen molar-refractivity contribution in [2.45, 2.75) is 36.9 Å². The molecule has 2 aromatic heterocycles. The summed E-state index contributed by atoms with van der Waals surface area (Å²) in [5.41, 5.74) is 3.65. The van der Waals surface area contributed by atoms with E-state index in [2.05, 4.69) is 39.4 Å². The van der Waals surface area contributed by atoms with Crippen molar-refractivity contribution in [2.75, 3.05) is 4.90 Å². The largest absolute Gasteiger partial charge is 0.503 e. The van der Waals surface area contributed by atoms with Gasteiger partial charge in [0.15, 0.2) is 10.1 Å². The molecule has 0 saturated carbocycles. The second-order valence-corrected chi connectivity index (χ2v) is 11.7. The van der Waals surface area contributed by atoms with Gasteiger partial charge in [0.1, 0.15) is 0 Å². The summed E-state index contributed by atoms with van der Waals surface area (Å²) in [5, 5.41) is 20.5. The molecule has 3 heterocycles. The first-order valence-corrected chi connectivity index (χ1v) is 13.8. The van der Waals surface area contributed by atoms with Gasteiger partial charge in [-0.1, -0.05) is 83.3 Å². The number of carbonyl (C=O) groups is 2. The highest BCUT2D eigenvalue weighted by Gasteiger charge is 2.46. The molecule has 0 saturated heterocycles. The number of ketones is 1. The van der Waals surface area contributed by atoms with E-state index in [9.17, 15) is 14.7 Å². The van der Waals surface area contributed by atoms with Crippen LogP contribution in [0.5, 0.6) is 0 Å². The highest BCUT2D eigenvalue weighted by Crippen LogP contribution is 2.44. The number of aliphatic hydroxyl groups excluding tert-OH is 1. The Morgan fingerprint density at radius 2 is 1.75 bits per heavy atom. The molecule has 1 N–H and O–H groups in total. The van der Waals surface area contributed by atoms with Crippen molar-refractivity contribution in [3.8, 4) is 0 Å². The number of hydrogen-bond donors (Lipinski definition) is 1. The van der Waals surface area contributed by atoms with Gasteiger partial charge in [-0.05, 0) is 31.9 Å². The lowest BCUT2D eigenvalue weighted by atomic mass is 9.95. The fourth-order valence-electron chi connectivity index (χ4n) is 4.04. The second-order valence-electron chi connectivity index (χ2n) is 8.35. The van der Waals surface area contributed by atoms with Crippen LogP contribution in [0.15, 0.2) is 70.3 Å². The number of rotatable bonds is 7. The molecule has 2 aromatic carbocycles.